The Labute approximate surface area is 160 Å². The Morgan fingerprint density at radius 3 is 2.59 bits per heavy atom. The van der Waals surface area contributed by atoms with Gasteiger partial charge >= 0.3 is 5.97 Å². The van der Waals surface area contributed by atoms with Crippen LogP contribution in [0.5, 0.6) is 0 Å². The number of rotatable bonds is 7. The third-order valence-electron chi connectivity index (χ3n) is 4.19. The van der Waals surface area contributed by atoms with Crippen LogP contribution < -0.4 is 4.90 Å². The van der Waals surface area contributed by atoms with Crippen LogP contribution in [0.2, 0.25) is 0 Å². The Balaban J connectivity index is 1.77. The Bertz CT molecular complexity index is 958. The van der Waals surface area contributed by atoms with E-state index >= 15 is 0 Å². The minimum Gasteiger partial charge on any atom is -0.480 e. The van der Waals surface area contributed by atoms with Crippen molar-refractivity contribution in [2.24, 2.45) is 0 Å². The number of hydrogen-bond acceptors (Lipinski definition) is 6. The number of fused-ring (bicyclic) bond motifs is 1. The number of thiophene rings is 1. The van der Waals surface area contributed by atoms with Gasteiger partial charge in [0.2, 0.25) is 5.91 Å². The zero-order valence-electron chi connectivity index (χ0n) is 15.1. The predicted molar refractivity (Wildman–Crippen MR) is 106 cm³/mol. The molecule has 0 fully saturated rings. The average Bonchev–Trinajstić information content (AvgIpc) is 3.10. The van der Waals surface area contributed by atoms with Crippen LogP contribution in [-0.4, -0.2) is 59.0 Å². The molecule has 3 aromatic rings. The van der Waals surface area contributed by atoms with Crippen molar-refractivity contribution in [3.8, 4) is 10.4 Å². The average molecular weight is 384 g/mol. The number of likely N-dealkylation sites (N-methyl/N-ethyl adjacent to an activating group) is 1. The molecule has 0 aliphatic carbocycles. The maximum atomic E-state index is 12.1. The van der Waals surface area contributed by atoms with Crippen LogP contribution in [0.3, 0.4) is 0 Å². The monoisotopic (exact) mass is 384 g/mol. The fourth-order valence-electron chi connectivity index (χ4n) is 2.74. The number of carboxylic acids is 1. The summed E-state index contributed by atoms with van der Waals surface area (Å²) in [6, 6.07) is 12.2. The molecule has 1 aromatic carbocycles. The zero-order valence-corrected chi connectivity index (χ0v) is 15.9. The van der Waals surface area contributed by atoms with Crippen molar-refractivity contribution in [1.29, 1.82) is 0 Å². The van der Waals surface area contributed by atoms with Crippen molar-refractivity contribution >= 4 is 39.2 Å². The van der Waals surface area contributed by atoms with Crippen LogP contribution in [-0.2, 0) is 9.59 Å². The van der Waals surface area contributed by atoms with Crippen LogP contribution in [0.25, 0.3) is 20.7 Å². The first-order valence-electron chi connectivity index (χ1n) is 8.42. The highest BCUT2D eigenvalue weighted by Crippen LogP contribution is 2.35. The van der Waals surface area contributed by atoms with E-state index in [-0.39, 0.29) is 18.9 Å². The largest absolute Gasteiger partial charge is 0.480 e. The van der Waals surface area contributed by atoms with Crippen LogP contribution in [0.15, 0.2) is 42.7 Å². The molecule has 0 saturated carbocycles. The van der Waals surface area contributed by atoms with Crippen molar-refractivity contribution in [3.63, 3.8) is 0 Å². The molecule has 27 heavy (non-hydrogen) atoms. The molecule has 7 nitrogen and oxygen atoms in total. The predicted octanol–water partition coefficient (Wildman–Crippen LogP) is 2.73. The lowest BCUT2D eigenvalue weighted by molar-refractivity contribution is -0.143. The second kappa shape index (κ2) is 8.13. The van der Waals surface area contributed by atoms with Gasteiger partial charge in [-0.25, -0.2) is 9.97 Å². The number of carboxylic acid groups (broad SMARTS) is 1. The number of carbonyl (C=O) groups excluding carboxylic acids is 1. The minimum absolute atomic E-state index is 0.210. The van der Waals surface area contributed by atoms with Crippen molar-refractivity contribution in [2.75, 3.05) is 32.1 Å². The first kappa shape index (κ1) is 18.8. The highest BCUT2D eigenvalue weighted by molar-refractivity contribution is 7.21. The molecule has 0 saturated heterocycles. The topological polar surface area (TPSA) is 86.6 Å². The normalized spacial score (nSPS) is 10.7. The number of aromatic nitrogens is 2. The second-order valence-corrected chi connectivity index (χ2v) is 7.24. The van der Waals surface area contributed by atoms with E-state index in [0.29, 0.717) is 6.54 Å². The Morgan fingerprint density at radius 1 is 1.15 bits per heavy atom. The first-order valence-corrected chi connectivity index (χ1v) is 9.24. The highest BCUT2D eigenvalue weighted by Gasteiger charge is 2.16. The number of hydrogen-bond donors (Lipinski definition) is 1. The molecule has 0 radical (unpaired) electrons. The summed E-state index contributed by atoms with van der Waals surface area (Å²) < 4.78 is 0. The molecule has 0 atom stereocenters. The van der Waals surface area contributed by atoms with Gasteiger partial charge in [-0.05, 0) is 11.6 Å². The number of anilines is 1. The molecule has 0 unspecified atom stereocenters. The van der Waals surface area contributed by atoms with E-state index in [4.69, 9.17) is 5.11 Å². The molecule has 2 aromatic heterocycles. The SMILES string of the molecule is CN(CC(=O)O)C(=O)CCN(C)c1ncnc2sc(-c3ccccc3)cc12. The number of benzene rings is 1. The van der Waals surface area contributed by atoms with Crippen molar-refractivity contribution in [3.05, 3.63) is 42.7 Å². The summed E-state index contributed by atoms with van der Waals surface area (Å²) in [6.45, 7) is 0.136. The molecule has 8 heteroatoms. The van der Waals surface area contributed by atoms with Gasteiger partial charge < -0.3 is 14.9 Å². The summed E-state index contributed by atoms with van der Waals surface area (Å²) in [5.41, 5.74) is 1.12. The van der Waals surface area contributed by atoms with E-state index in [0.717, 1.165) is 26.5 Å². The van der Waals surface area contributed by atoms with Crippen LogP contribution >= 0.6 is 11.3 Å². The van der Waals surface area contributed by atoms with E-state index in [2.05, 4.69) is 28.2 Å². The molecule has 0 aliphatic heterocycles. The number of nitrogens with zero attached hydrogens (tertiary/aromatic N) is 4. The quantitative estimate of drug-likeness (QED) is 0.674. The maximum Gasteiger partial charge on any atom is 0.323 e. The smallest absolute Gasteiger partial charge is 0.323 e. The molecule has 1 amide bonds. The van der Waals surface area contributed by atoms with Gasteiger partial charge in [0.05, 0.1) is 5.39 Å². The first-order chi connectivity index (χ1) is 13.0. The van der Waals surface area contributed by atoms with Crippen molar-refractivity contribution < 1.29 is 14.7 Å². The summed E-state index contributed by atoms with van der Waals surface area (Å²) in [4.78, 5) is 36.7. The number of carbonyl (C=O) groups is 2. The van der Waals surface area contributed by atoms with Crippen molar-refractivity contribution in [2.45, 2.75) is 6.42 Å². The third-order valence-corrected chi connectivity index (χ3v) is 5.28. The van der Waals surface area contributed by atoms with E-state index < -0.39 is 5.97 Å². The standard InChI is InChI=1S/C19H20N4O3S/c1-22(9-8-16(24)23(2)11-17(25)26)18-14-10-15(13-6-4-3-5-7-13)27-19(14)21-12-20-18/h3-7,10,12H,8-9,11H2,1-2H3,(H,25,26). The Hall–Kier alpha value is -3.00. The molecule has 0 spiro atoms. The summed E-state index contributed by atoms with van der Waals surface area (Å²) in [5, 5.41) is 9.72. The number of aliphatic carboxylic acids is 1. The Kier molecular flexibility index (Phi) is 5.66. The third kappa shape index (κ3) is 4.40. The van der Waals surface area contributed by atoms with Gasteiger partial charge in [0, 0.05) is 31.9 Å². The summed E-state index contributed by atoms with van der Waals surface area (Å²) in [7, 11) is 3.36. The van der Waals surface area contributed by atoms with Gasteiger partial charge in [-0.2, -0.15) is 0 Å². The molecule has 2 heterocycles. The molecular formula is C19H20N4O3S. The fraction of sp³-hybridized carbons (Fsp3) is 0.263. The van der Waals surface area contributed by atoms with Gasteiger partial charge in [-0.3, -0.25) is 9.59 Å². The van der Waals surface area contributed by atoms with Crippen LogP contribution in [0.4, 0.5) is 5.82 Å². The second-order valence-electron chi connectivity index (χ2n) is 6.21. The molecule has 3 rings (SSSR count). The van der Waals surface area contributed by atoms with E-state index in [1.165, 1.54) is 18.3 Å². The molecule has 1 N–H and O–H groups in total. The van der Waals surface area contributed by atoms with Crippen LogP contribution in [0.1, 0.15) is 6.42 Å². The van der Waals surface area contributed by atoms with E-state index in [9.17, 15) is 9.59 Å². The molecule has 140 valence electrons. The summed E-state index contributed by atoms with van der Waals surface area (Å²) in [6.07, 6.45) is 1.74. The molecular weight excluding hydrogens is 364 g/mol. The van der Waals surface area contributed by atoms with Crippen LogP contribution in [0, 0.1) is 0 Å². The van der Waals surface area contributed by atoms with Gasteiger partial charge in [-0.15, -0.1) is 11.3 Å². The zero-order chi connectivity index (χ0) is 19.4. The highest BCUT2D eigenvalue weighted by atomic mass is 32.1. The van der Waals surface area contributed by atoms with Gasteiger partial charge in [-0.1, -0.05) is 30.3 Å². The number of amides is 1. The van der Waals surface area contributed by atoms with Gasteiger partial charge in [0.15, 0.2) is 0 Å². The summed E-state index contributed by atoms with van der Waals surface area (Å²) in [5.74, 6) is -0.486. The summed E-state index contributed by atoms with van der Waals surface area (Å²) >= 11 is 1.60. The van der Waals surface area contributed by atoms with E-state index in [1.54, 1.807) is 11.3 Å². The maximum absolute atomic E-state index is 12.1. The Morgan fingerprint density at radius 2 is 1.89 bits per heavy atom. The lowest BCUT2D eigenvalue weighted by Crippen LogP contribution is -2.34. The lowest BCUT2D eigenvalue weighted by Gasteiger charge is -2.20. The fourth-order valence-corrected chi connectivity index (χ4v) is 3.74. The minimum atomic E-state index is -1.02. The van der Waals surface area contributed by atoms with Crippen molar-refractivity contribution in [1.82, 2.24) is 14.9 Å². The van der Waals surface area contributed by atoms with Gasteiger partial charge in [0.1, 0.15) is 23.5 Å². The molecule has 0 aliphatic rings. The lowest BCUT2D eigenvalue weighted by atomic mass is 10.2. The molecule has 0 bridgehead atoms. The van der Waals surface area contributed by atoms with E-state index in [1.807, 2.05) is 30.1 Å². The van der Waals surface area contributed by atoms with Gasteiger partial charge in [0.25, 0.3) is 0 Å².